The van der Waals surface area contributed by atoms with E-state index in [0.717, 1.165) is 12.2 Å². The molecule has 34 heavy (non-hydrogen) atoms. The van der Waals surface area contributed by atoms with E-state index in [-0.39, 0.29) is 37.0 Å². The predicted molar refractivity (Wildman–Crippen MR) is 127 cm³/mol. The van der Waals surface area contributed by atoms with Crippen molar-refractivity contribution in [3.63, 3.8) is 0 Å². The molecule has 1 saturated heterocycles. The van der Waals surface area contributed by atoms with Crippen LogP contribution in [-0.2, 0) is 16.4 Å². The molecule has 1 aliphatic rings. The number of anilines is 2. The molecule has 2 heterocycles. The number of halogens is 1. The largest absolute Gasteiger partial charge is 0.421 e. The fraction of sp³-hybridized carbons (Fsp3) is 0.391. The first-order valence-electron chi connectivity index (χ1n) is 11.1. The smallest absolute Gasteiger partial charge is 0.247 e. The van der Waals surface area contributed by atoms with Gasteiger partial charge in [-0.2, -0.15) is 0 Å². The van der Waals surface area contributed by atoms with E-state index in [1.54, 1.807) is 28.9 Å². The predicted octanol–water partition coefficient (Wildman–Crippen LogP) is 2.63. The zero-order valence-corrected chi connectivity index (χ0v) is 19.9. The molecule has 1 unspecified atom stereocenters. The average Bonchev–Trinajstić information content (AvgIpc) is 3.25. The number of sulfone groups is 1. The lowest BCUT2D eigenvalue weighted by atomic mass is 10.1. The third-order valence-electron chi connectivity index (χ3n) is 5.73. The van der Waals surface area contributed by atoms with Gasteiger partial charge in [0.2, 0.25) is 11.8 Å². The number of aliphatic hydroxyl groups excluding tert-OH is 1. The Morgan fingerprint density at radius 2 is 1.88 bits per heavy atom. The number of aliphatic hydroxyl groups is 1. The van der Waals surface area contributed by atoms with Crippen molar-refractivity contribution < 1.29 is 22.3 Å². The number of hydrogen-bond acceptors (Lipinski definition) is 9. The molecular formula is C23H28FN5O4S. The zero-order chi connectivity index (χ0) is 24.3. The number of nitrogens with one attached hydrogen (secondary N) is 1. The first-order chi connectivity index (χ1) is 16.3. The quantitative estimate of drug-likeness (QED) is 0.461. The lowest BCUT2D eigenvalue weighted by Crippen LogP contribution is -2.53. The molecular weight excluding hydrogens is 461 g/mol. The molecule has 0 bridgehead atoms. The summed E-state index contributed by atoms with van der Waals surface area (Å²) in [6.45, 7) is 4.90. The Kier molecular flexibility index (Phi) is 7.15. The summed E-state index contributed by atoms with van der Waals surface area (Å²) in [5.74, 6) is 0.0937. The van der Waals surface area contributed by atoms with E-state index in [9.17, 15) is 13.5 Å². The first kappa shape index (κ1) is 24.1. The van der Waals surface area contributed by atoms with Crippen LogP contribution >= 0.6 is 0 Å². The van der Waals surface area contributed by atoms with Gasteiger partial charge in [-0.15, -0.1) is 10.2 Å². The summed E-state index contributed by atoms with van der Waals surface area (Å²) in [5, 5.41) is 22.1. The molecule has 0 radical (unpaired) electrons. The number of benzene rings is 2. The molecule has 0 aliphatic carbocycles. The van der Waals surface area contributed by atoms with E-state index < -0.39 is 22.0 Å². The standard InChI is InChI=1S/C23H28FN5O4S/c1-3-25-19-6-8-20(9-7-19)29(23(30)28-10-12-34(31,32)13-11-28)15-18-5-4-17(14-21(18)24)22-27-26-16(2)33-22/h4-9,14,23,25,30H,3,10-13,15H2,1-2H3. The van der Waals surface area contributed by atoms with E-state index in [2.05, 4.69) is 15.5 Å². The Balaban J connectivity index is 1.61. The summed E-state index contributed by atoms with van der Waals surface area (Å²) in [6.07, 6.45) is -1.13. The molecule has 3 aromatic rings. The Bertz CT molecular complexity index is 1220. The van der Waals surface area contributed by atoms with Gasteiger partial charge >= 0.3 is 0 Å². The lowest BCUT2D eigenvalue weighted by molar-refractivity contribution is 0.00589. The molecule has 1 atom stereocenters. The highest BCUT2D eigenvalue weighted by molar-refractivity contribution is 7.91. The van der Waals surface area contributed by atoms with E-state index in [0.29, 0.717) is 22.7 Å². The molecule has 0 spiro atoms. The maximum atomic E-state index is 15.1. The van der Waals surface area contributed by atoms with Gasteiger partial charge in [-0.25, -0.2) is 12.8 Å². The van der Waals surface area contributed by atoms with Crippen molar-refractivity contribution in [3.8, 4) is 11.5 Å². The number of aryl methyl sites for hydroxylation is 1. The highest BCUT2D eigenvalue weighted by Crippen LogP contribution is 2.27. The van der Waals surface area contributed by atoms with Crippen molar-refractivity contribution in [3.05, 3.63) is 59.7 Å². The molecule has 1 aliphatic heterocycles. The maximum Gasteiger partial charge on any atom is 0.247 e. The second kappa shape index (κ2) is 10.1. The van der Waals surface area contributed by atoms with Gasteiger partial charge in [0.1, 0.15) is 5.82 Å². The highest BCUT2D eigenvalue weighted by atomic mass is 32.2. The molecule has 0 amide bonds. The van der Waals surface area contributed by atoms with E-state index in [1.165, 1.54) is 6.07 Å². The summed E-state index contributed by atoms with van der Waals surface area (Å²) in [6, 6.07) is 12.1. The molecule has 11 heteroatoms. The minimum Gasteiger partial charge on any atom is -0.421 e. The molecule has 182 valence electrons. The van der Waals surface area contributed by atoms with E-state index in [4.69, 9.17) is 4.42 Å². The van der Waals surface area contributed by atoms with Crippen LogP contribution in [0.2, 0.25) is 0 Å². The summed E-state index contributed by atoms with van der Waals surface area (Å²) in [4.78, 5) is 3.34. The number of nitrogens with zero attached hydrogens (tertiary/aromatic N) is 4. The molecule has 2 N–H and O–H groups in total. The van der Waals surface area contributed by atoms with Gasteiger partial charge in [-0.1, -0.05) is 6.07 Å². The fourth-order valence-corrected chi connectivity index (χ4v) is 5.07. The third kappa shape index (κ3) is 5.54. The minimum absolute atomic E-state index is 0.0239. The highest BCUT2D eigenvalue weighted by Gasteiger charge is 2.30. The molecule has 1 fully saturated rings. The summed E-state index contributed by atoms with van der Waals surface area (Å²) in [7, 11) is -3.11. The first-order valence-corrected chi connectivity index (χ1v) is 12.9. The molecule has 9 nitrogen and oxygen atoms in total. The maximum absolute atomic E-state index is 15.1. The molecule has 0 saturated carbocycles. The van der Waals surface area contributed by atoms with Crippen LogP contribution in [0.25, 0.3) is 11.5 Å². The van der Waals surface area contributed by atoms with Crippen LogP contribution < -0.4 is 10.2 Å². The topological polar surface area (TPSA) is 112 Å². The summed E-state index contributed by atoms with van der Waals surface area (Å²) < 4.78 is 44.2. The van der Waals surface area contributed by atoms with Crippen LogP contribution in [0, 0.1) is 12.7 Å². The second-order valence-electron chi connectivity index (χ2n) is 8.17. The monoisotopic (exact) mass is 489 g/mol. The van der Waals surface area contributed by atoms with Crippen LogP contribution in [0.5, 0.6) is 0 Å². The molecule has 2 aromatic carbocycles. The van der Waals surface area contributed by atoms with Crippen LogP contribution in [0.4, 0.5) is 15.8 Å². The Hall–Kier alpha value is -3.02. The van der Waals surface area contributed by atoms with Crippen molar-refractivity contribution in [2.24, 2.45) is 0 Å². The average molecular weight is 490 g/mol. The molecule has 1 aromatic heterocycles. The van der Waals surface area contributed by atoms with Gasteiger partial charge < -0.3 is 19.7 Å². The fourth-order valence-electron chi connectivity index (χ4n) is 3.84. The lowest BCUT2D eigenvalue weighted by Gasteiger charge is -2.39. The van der Waals surface area contributed by atoms with Gasteiger partial charge in [-0.3, -0.25) is 4.90 Å². The van der Waals surface area contributed by atoms with Crippen LogP contribution in [0.15, 0.2) is 46.9 Å². The van der Waals surface area contributed by atoms with Gasteiger partial charge in [0.25, 0.3) is 0 Å². The van der Waals surface area contributed by atoms with Crippen molar-refractivity contribution in [2.45, 2.75) is 26.7 Å². The third-order valence-corrected chi connectivity index (χ3v) is 7.34. The second-order valence-corrected chi connectivity index (χ2v) is 10.5. The van der Waals surface area contributed by atoms with Crippen molar-refractivity contribution in [1.82, 2.24) is 15.1 Å². The van der Waals surface area contributed by atoms with E-state index >= 15 is 4.39 Å². The van der Waals surface area contributed by atoms with Crippen molar-refractivity contribution in [2.75, 3.05) is 41.4 Å². The van der Waals surface area contributed by atoms with Crippen LogP contribution in [0.1, 0.15) is 18.4 Å². The van der Waals surface area contributed by atoms with E-state index in [1.807, 2.05) is 31.2 Å². The van der Waals surface area contributed by atoms with Gasteiger partial charge in [0.15, 0.2) is 16.2 Å². The van der Waals surface area contributed by atoms with Gasteiger partial charge in [0, 0.05) is 55.6 Å². The molecule has 4 rings (SSSR count). The zero-order valence-electron chi connectivity index (χ0n) is 19.1. The SMILES string of the molecule is CCNc1ccc(N(Cc2ccc(-c3nnc(C)o3)cc2F)C(O)N2CCS(=O)(=O)CC2)cc1. The Morgan fingerprint density at radius 3 is 2.47 bits per heavy atom. The van der Waals surface area contributed by atoms with Gasteiger partial charge in [-0.05, 0) is 43.3 Å². The Labute approximate surface area is 198 Å². The van der Waals surface area contributed by atoms with Gasteiger partial charge in [0.05, 0.1) is 11.5 Å². The van der Waals surface area contributed by atoms with Crippen molar-refractivity contribution >= 4 is 21.2 Å². The van der Waals surface area contributed by atoms with Crippen LogP contribution in [-0.4, -0.2) is 66.1 Å². The number of hydrogen-bond donors (Lipinski definition) is 2. The summed E-state index contributed by atoms with van der Waals surface area (Å²) in [5.41, 5.74) is 2.43. The number of rotatable bonds is 8. The Morgan fingerprint density at radius 1 is 1.18 bits per heavy atom. The normalized spacial score (nSPS) is 16.8. The summed E-state index contributed by atoms with van der Waals surface area (Å²) >= 11 is 0. The number of aromatic nitrogens is 2. The minimum atomic E-state index is -3.11. The van der Waals surface area contributed by atoms with Crippen LogP contribution in [0.3, 0.4) is 0 Å². The van der Waals surface area contributed by atoms with Crippen molar-refractivity contribution in [1.29, 1.82) is 0 Å².